The van der Waals surface area contributed by atoms with Crippen molar-refractivity contribution in [1.29, 1.82) is 0 Å². The number of hydrogen-bond donors (Lipinski definition) is 1. The molecule has 1 saturated carbocycles. The monoisotopic (exact) mass is 321 g/mol. The van der Waals surface area contributed by atoms with Crippen molar-refractivity contribution in [1.82, 2.24) is 5.48 Å². The summed E-state index contributed by atoms with van der Waals surface area (Å²) in [6, 6.07) is -0.102. The Kier molecular flexibility index (Phi) is 10.1. The third-order valence-electron chi connectivity index (χ3n) is 4.06. The Morgan fingerprint density at radius 3 is 2.14 bits per heavy atom. The van der Waals surface area contributed by atoms with Crippen LogP contribution in [0.5, 0.6) is 0 Å². The Morgan fingerprint density at radius 1 is 0.909 bits per heavy atom. The summed E-state index contributed by atoms with van der Waals surface area (Å²) in [5, 5.41) is 0. The molecular formula is C15H31NO6. The molecule has 22 heavy (non-hydrogen) atoms. The van der Waals surface area contributed by atoms with Gasteiger partial charge in [-0.05, 0) is 6.42 Å². The second-order valence-electron chi connectivity index (χ2n) is 5.39. The van der Waals surface area contributed by atoms with Crippen molar-refractivity contribution in [3.63, 3.8) is 0 Å². The average molecular weight is 321 g/mol. The SMILES string of the molecule is CCCCOCON[C@H]1[C@@H](COC)[C@@H](OC)[C@H](OC)[C@H]1OC. The van der Waals surface area contributed by atoms with Gasteiger partial charge in [-0.2, -0.15) is 5.48 Å². The highest BCUT2D eigenvalue weighted by Crippen LogP contribution is 2.33. The highest BCUT2D eigenvalue weighted by molar-refractivity contribution is 5.03. The van der Waals surface area contributed by atoms with Crippen LogP contribution in [0.2, 0.25) is 0 Å². The van der Waals surface area contributed by atoms with E-state index in [4.69, 9.17) is 28.5 Å². The molecule has 7 nitrogen and oxygen atoms in total. The van der Waals surface area contributed by atoms with Crippen LogP contribution in [0.25, 0.3) is 0 Å². The van der Waals surface area contributed by atoms with Gasteiger partial charge in [0, 0.05) is 41.0 Å². The zero-order chi connectivity index (χ0) is 16.4. The minimum absolute atomic E-state index is 0.0561. The summed E-state index contributed by atoms with van der Waals surface area (Å²) >= 11 is 0. The minimum Gasteiger partial charge on any atom is -0.384 e. The summed E-state index contributed by atoms with van der Waals surface area (Å²) < 4.78 is 27.4. The summed E-state index contributed by atoms with van der Waals surface area (Å²) in [7, 11) is 6.65. The largest absolute Gasteiger partial charge is 0.384 e. The van der Waals surface area contributed by atoms with Gasteiger partial charge >= 0.3 is 0 Å². The fourth-order valence-corrected chi connectivity index (χ4v) is 2.96. The van der Waals surface area contributed by atoms with E-state index in [2.05, 4.69) is 12.4 Å². The van der Waals surface area contributed by atoms with Gasteiger partial charge in [0.15, 0.2) is 6.79 Å². The van der Waals surface area contributed by atoms with E-state index in [1.165, 1.54) is 0 Å². The molecule has 1 N–H and O–H groups in total. The lowest BCUT2D eigenvalue weighted by Gasteiger charge is -2.25. The van der Waals surface area contributed by atoms with Crippen LogP contribution >= 0.6 is 0 Å². The van der Waals surface area contributed by atoms with Crippen LogP contribution in [0, 0.1) is 5.92 Å². The van der Waals surface area contributed by atoms with Crippen molar-refractivity contribution in [2.75, 3.05) is 48.4 Å². The minimum atomic E-state index is -0.189. The Balaban J connectivity index is 2.57. The van der Waals surface area contributed by atoms with Crippen LogP contribution < -0.4 is 5.48 Å². The number of unbranched alkanes of at least 4 members (excludes halogenated alkanes) is 1. The van der Waals surface area contributed by atoms with Crippen molar-refractivity contribution >= 4 is 0 Å². The Hall–Kier alpha value is -0.280. The third-order valence-corrected chi connectivity index (χ3v) is 4.06. The van der Waals surface area contributed by atoms with E-state index in [0.717, 1.165) is 12.8 Å². The number of nitrogens with one attached hydrogen (secondary N) is 1. The molecule has 0 aromatic heterocycles. The zero-order valence-corrected chi connectivity index (χ0v) is 14.4. The van der Waals surface area contributed by atoms with E-state index in [1.54, 1.807) is 28.4 Å². The van der Waals surface area contributed by atoms with Gasteiger partial charge < -0.3 is 23.7 Å². The Bertz CT molecular complexity index is 281. The summed E-state index contributed by atoms with van der Waals surface area (Å²) in [6.45, 7) is 3.53. The molecule has 0 radical (unpaired) electrons. The number of methoxy groups -OCH3 is 4. The summed E-state index contributed by atoms with van der Waals surface area (Å²) in [5.74, 6) is 0.0561. The van der Waals surface area contributed by atoms with E-state index < -0.39 is 0 Å². The molecule has 5 atom stereocenters. The zero-order valence-electron chi connectivity index (χ0n) is 14.4. The lowest BCUT2D eigenvalue weighted by atomic mass is 10.0. The predicted octanol–water partition coefficient (Wildman–Crippen LogP) is 0.972. The van der Waals surface area contributed by atoms with E-state index in [-0.39, 0.29) is 37.1 Å². The Labute approximate surface area is 133 Å². The molecule has 1 rings (SSSR count). The van der Waals surface area contributed by atoms with Crippen LogP contribution in [-0.2, 0) is 28.5 Å². The number of rotatable bonds is 12. The normalized spacial score (nSPS) is 31.8. The fourth-order valence-electron chi connectivity index (χ4n) is 2.96. The second kappa shape index (κ2) is 11.3. The number of hydroxylamine groups is 1. The first-order chi connectivity index (χ1) is 10.7. The van der Waals surface area contributed by atoms with Crippen LogP contribution in [0.3, 0.4) is 0 Å². The van der Waals surface area contributed by atoms with Gasteiger partial charge in [0.05, 0.1) is 18.8 Å². The second-order valence-corrected chi connectivity index (χ2v) is 5.39. The van der Waals surface area contributed by atoms with Crippen molar-refractivity contribution in [2.45, 2.75) is 44.1 Å². The standard InChI is InChI=1S/C15H31NO6/c1-6-7-8-21-10-22-16-12-11(9-17-2)13(18-3)15(20-5)14(12)19-4/h11-16H,6-10H2,1-5H3/t11-,12+,13-,14+,15+/m1/s1. The summed E-state index contributed by atoms with van der Waals surface area (Å²) in [4.78, 5) is 5.44. The molecular weight excluding hydrogens is 290 g/mol. The maximum atomic E-state index is 5.59. The maximum absolute atomic E-state index is 5.59. The van der Waals surface area contributed by atoms with Gasteiger partial charge in [0.2, 0.25) is 0 Å². The first-order valence-electron chi connectivity index (χ1n) is 7.77. The molecule has 0 unspecified atom stereocenters. The van der Waals surface area contributed by atoms with Crippen molar-refractivity contribution in [3.05, 3.63) is 0 Å². The lowest BCUT2D eigenvalue weighted by molar-refractivity contribution is -0.133. The van der Waals surface area contributed by atoms with Gasteiger partial charge in [0.25, 0.3) is 0 Å². The molecule has 0 heterocycles. The van der Waals surface area contributed by atoms with Crippen LogP contribution in [0.1, 0.15) is 19.8 Å². The molecule has 0 saturated heterocycles. The van der Waals surface area contributed by atoms with Gasteiger partial charge in [-0.1, -0.05) is 13.3 Å². The molecule has 1 aliphatic carbocycles. The summed E-state index contributed by atoms with van der Waals surface area (Å²) in [6.07, 6.45) is 1.63. The highest BCUT2D eigenvalue weighted by atomic mass is 16.8. The molecule has 0 aromatic carbocycles. The van der Waals surface area contributed by atoms with Gasteiger partial charge in [0.1, 0.15) is 12.2 Å². The van der Waals surface area contributed by atoms with E-state index in [0.29, 0.717) is 13.2 Å². The smallest absolute Gasteiger partial charge is 0.166 e. The molecule has 0 bridgehead atoms. The molecule has 0 aliphatic heterocycles. The molecule has 132 valence electrons. The van der Waals surface area contributed by atoms with Gasteiger partial charge in [-0.15, -0.1) is 0 Å². The maximum Gasteiger partial charge on any atom is 0.166 e. The highest BCUT2D eigenvalue weighted by Gasteiger charge is 2.52. The molecule has 0 amide bonds. The first-order valence-corrected chi connectivity index (χ1v) is 7.77. The van der Waals surface area contributed by atoms with Crippen molar-refractivity contribution in [3.8, 4) is 0 Å². The van der Waals surface area contributed by atoms with E-state index in [9.17, 15) is 0 Å². The first kappa shape index (κ1) is 19.8. The van der Waals surface area contributed by atoms with Crippen molar-refractivity contribution in [2.24, 2.45) is 5.92 Å². The molecule has 0 spiro atoms. The quantitative estimate of drug-likeness (QED) is 0.326. The van der Waals surface area contributed by atoms with Crippen molar-refractivity contribution < 1.29 is 28.5 Å². The molecule has 0 aromatic rings. The Morgan fingerprint density at radius 2 is 1.59 bits per heavy atom. The molecule has 7 heteroatoms. The van der Waals surface area contributed by atoms with Gasteiger partial charge in [-0.25, -0.2) is 0 Å². The third kappa shape index (κ3) is 5.13. The average Bonchev–Trinajstić information content (AvgIpc) is 2.83. The summed E-state index contributed by atoms with van der Waals surface area (Å²) in [5.41, 5.74) is 3.03. The van der Waals surface area contributed by atoms with Crippen LogP contribution in [0.15, 0.2) is 0 Å². The van der Waals surface area contributed by atoms with E-state index in [1.807, 2.05) is 0 Å². The molecule has 1 fully saturated rings. The number of ether oxygens (including phenoxy) is 5. The van der Waals surface area contributed by atoms with E-state index >= 15 is 0 Å². The predicted molar refractivity (Wildman–Crippen MR) is 81.5 cm³/mol. The molecule has 1 aliphatic rings. The fraction of sp³-hybridized carbons (Fsp3) is 1.00. The van der Waals surface area contributed by atoms with Crippen LogP contribution in [0.4, 0.5) is 0 Å². The number of hydrogen-bond acceptors (Lipinski definition) is 7. The topological polar surface area (TPSA) is 67.4 Å². The van der Waals surface area contributed by atoms with Gasteiger partial charge in [-0.3, -0.25) is 4.84 Å². The lowest BCUT2D eigenvalue weighted by Crippen LogP contribution is -2.45. The van der Waals surface area contributed by atoms with Crippen LogP contribution in [-0.4, -0.2) is 72.8 Å².